The number of nitrogens with zero attached hydrogens (tertiary/aromatic N) is 3. The first-order chi connectivity index (χ1) is 8.77. The Morgan fingerprint density at radius 1 is 1.11 bits per heavy atom. The van der Waals surface area contributed by atoms with E-state index >= 15 is 0 Å². The fourth-order valence-corrected chi connectivity index (χ4v) is 2.26. The van der Waals surface area contributed by atoms with E-state index in [2.05, 4.69) is 39.7 Å². The van der Waals surface area contributed by atoms with Crippen LogP contribution in [0.1, 0.15) is 5.56 Å². The summed E-state index contributed by atoms with van der Waals surface area (Å²) in [7, 11) is 2.03. The van der Waals surface area contributed by atoms with Crippen molar-refractivity contribution in [3.63, 3.8) is 0 Å². The molecule has 3 heteroatoms. The van der Waals surface area contributed by atoms with Crippen LogP contribution in [-0.4, -0.2) is 9.97 Å². The zero-order valence-electron chi connectivity index (χ0n) is 10.5. The number of aryl methyl sites for hydroxylation is 2. The quantitative estimate of drug-likeness (QED) is 0.607. The van der Waals surface area contributed by atoms with Crippen molar-refractivity contribution in [1.82, 2.24) is 9.97 Å². The summed E-state index contributed by atoms with van der Waals surface area (Å²) in [4.78, 5) is 8.58. The molecule has 0 aliphatic heterocycles. The first-order valence-electron chi connectivity index (χ1n) is 5.92. The highest BCUT2D eigenvalue weighted by Crippen LogP contribution is 2.26. The minimum absolute atomic E-state index is 1.03. The molecule has 2 heterocycles. The van der Waals surface area contributed by atoms with Crippen LogP contribution in [0.2, 0.25) is 0 Å². The topological polar surface area (TPSA) is 29.7 Å². The van der Waals surface area contributed by atoms with Crippen LogP contribution in [0.5, 0.6) is 0 Å². The Labute approximate surface area is 106 Å². The van der Waals surface area contributed by atoms with Gasteiger partial charge in [-0.05, 0) is 30.7 Å². The van der Waals surface area contributed by atoms with Crippen LogP contribution >= 0.6 is 0 Å². The van der Waals surface area contributed by atoms with E-state index in [0.717, 1.165) is 11.2 Å². The summed E-state index contributed by atoms with van der Waals surface area (Å²) in [6, 6.07) is 8.26. The van der Waals surface area contributed by atoms with Crippen LogP contribution in [-0.2, 0) is 7.05 Å². The third kappa shape index (κ3) is 1.64. The van der Waals surface area contributed by atoms with E-state index in [0.29, 0.717) is 0 Å². The molecule has 0 saturated heterocycles. The molecule has 0 N–H and O–H groups in total. The number of aromatic nitrogens is 3. The molecule has 0 aliphatic carbocycles. The molecule has 18 heavy (non-hydrogen) atoms. The molecule has 1 aromatic carbocycles. The highest BCUT2D eigenvalue weighted by molar-refractivity contribution is 5.87. The Kier molecular flexibility index (Phi) is 2.52. The number of fused-ring (bicyclic) bond motifs is 1. The SMILES string of the molecule is Cc1c(-c2cncc[n+]2C)ccc2ncccc12. The van der Waals surface area contributed by atoms with Crippen LogP contribution < -0.4 is 4.57 Å². The second kappa shape index (κ2) is 4.18. The highest BCUT2D eigenvalue weighted by Gasteiger charge is 2.13. The normalized spacial score (nSPS) is 10.8. The number of hydrogen-bond donors (Lipinski definition) is 0. The Morgan fingerprint density at radius 3 is 2.83 bits per heavy atom. The van der Waals surface area contributed by atoms with Gasteiger partial charge in [-0.15, -0.1) is 0 Å². The van der Waals surface area contributed by atoms with Crippen LogP contribution in [0.25, 0.3) is 22.2 Å². The van der Waals surface area contributed by atoms with Crippen LogP contribution in [0.3, 0.4) is 0 Å². The standard InChI is InChI=1S/C15H14N3/c1-11-12-4-3-7-17-14(12)6-5-13(11)15-10-16-8-9-18(15)2/h3-10H,1-2H3/q+1. The van der Waals surface area contributed by atoms with E-state index in [1.54, 1.807) is 6.20 Å². The van der Waals surface area contributed by atoms with Gasteiger partial charge < -0.3 is 0 Å². The number of benzene rings is 1. The summed E-state index contributed by atoms with van der Waals surface area (Å²) in [5.74, 6) is 0. The average molecular weight is 236 g/mol. The van der Waals surface area contributed by atoms with E-state index in [9.17, 15) is 0 Å². The van der Waals surface area contributed by atoms with Crippen LogP contribution in [0.15, 0.2) is 49.1 Å². The monoisotopic (exact) mass is 236 g/mol. The molecule has 2 aromatic heterocycles. The maximum absolute atomic E-state index is 4.38. The second-order valence-electron chi connectivity index (χ2n) is 4.38. The van der Waals surface area contributed by atoms with Gasteiger partial charge >= 0.3 is 0 Å². The summed E-state index contributed by atoms with van der Waals surface area (Å²) >= 11 is 0. The molecule has 0 atom stereocenters. The van der Waals surface area contributed by atoms with Gasteiger partial charge in [0.2, 0.25) is 5.69 Å². The highest BCUT2D eigenvalue weighted by atomic mass is 14.9. The number of rotatable bonds is 1. The Morgan fingerprint density at radius 2 is 2.00 bits per heavy atom. The molecule has 0 radical (unpaired) electrons. The van der Waals surface area contributed by atoms with E-state index in [1.807, 2.05) is 31.7 Å². The summed E-state index contributed by atoms with van der Waals surface area (Å²) in [6.45, 7) is 2.13. The maximum atomic E-state index is 4.38. The van der Waals surface area contributed by atoms with Crippen molar-refractivity contribution >= 4 is 10.9 Å². The summed E-state index contributed by atoms with van der Waals surface area (Å²) in [5.41, 5.74) is 4.58. The smallest absolute Gasteiger partial charge is 0.231 e. The molecule has 3 rings (SSSR count). The van der Waals surface area contributed by atoms with Crippen LogP contribution in [0.4, 0.5) is 0 Å². The van der Waals surface area contributed by atoms with Crippen molar-refractivity contribution in [2.75, 3.05) is 0 Å². The molecular formula is C15H14N3+. The largest absolute Gasteiger partial charge is 0.256 e. The van der Waals surface area contributed by atoms with E-state index in [4.69, 9.17) is 0 Å². The molecule has 0 amide bonds. The lowest BCUT2D eigenvalue weighted by Crippen LogP contribution is -2.30. The lowest BCUT2D eigenvalue weighted by molar-refractivity contribution is -0.660. The summed E-state index contributed by atoms with van der Waals surface area (Å²) in [6.07, 6.45) is 7.47. The van der Waals surface area contributed by atoms with Crippen molar-refractivity contribution in [3.05, 3.63) is 54.6 Å². The fourth-order valence-electron chi connectivity index (χ4n) is 2.26. The van der Waals surface area contributed by atoms with Gasteiger partial charge in [-0.1, -0.05) is 6.07 Å². The second-order valence-corrected chi connectivity index (χ2v) is 4.38. The first kappa shape index (κ1) is 10.8. The predicted molar refractivity (Wildman–Crippen MR) is 70.9 cm³/mol. The maximum Gasteiger partial charge on any atom is 0.231 e. The zero-order chi connectivity index (χ0) is 12.5. The molecule has 3 nitrogen and oxygen atoms in total. The molecule has 0 bridgehead atoms. The molecule has 0 spiro atoms. The molecule has 0 aliphatic rings. The van der Waals surface area contributed by atoms with Gasteiger partial charge in [0.25, 0.3) is 0 Å². The Balaban J connectivity index is 2.31. The van der Waals surface area contributed by atoms with Gasteiger partial charge in [0, 0.05) is 11.6 Å². The summed E-state index contributed by atoms with van der Waals surface area (Å²) < 4.78 is 2.08. The van der Waals surface area contributed by atoms with E-state index < -0.39 is 0 Å². The Bertz CT molecular complexity index is 720. The average Bonchev–Trinajstić information content (AvgIpc) is 2.41. The van der Waals surface area contributed by atoms with Gasteiger partial charge in [0.1, 0.15) is 7.05 Å². The van der Waals surface area contributed by atoms with Crippen molar-refractivity contribution in [2.24, 2.45) is 7.05 Å². The van der Waals surface area contributed by atoms with E-state index in [-0.39, 0.29) is 0 Å². The molecule has 3 aromatic rings. The number of hydrogen-bond acceptors (Lipinski definition) is 2. The lowest BCUT2D eigenvalue weighted by Gasteiger charge is -2.06. The number of pyridine rings is 1. The lowest BCUT2D eigenvalue weighted by atomic mass is 10.0. The Hall–Kier alpha value is -2.29. The fraction of sp³-hybridized carbons (Fsp3) is 0.133. The van der Waals surface area contributed by atoms with Gasteiger partial charge in [-0.2, -0.15) is 4.57 Å². The van der Waals surface area contributed by atoms with Gasteiger partial charge in [-0.25, -0.2) is 0 Å². The molecule has 0 fully saturated rings. The van der Waals surface area contributed by atoms with Gasteiger partial charge in [0.05, 0.1) is 23.5 Å². The predicted octanol–water partition coefficient (Wildman–Crippen LogP) is 2.43. The minimum Gasteiger partial charge on any atom is -0.256 e. The van der Waals surface area contributed by atoms with Crippen molar-refractivity contribution in [2.45, 2.75) is 6.92 Å². The van der Waals surface area contributed by atoms with Crippen molar-refractivity contribution in [3.8, 4) is 11.3 Å². The molecule has 0 unspecified atom stereocenters. The molecular weight excluding hydrogens is 222 g/mol. The first-order valence-corrected chi connectivity index (χ1v) is 5.92. The van der Waals surface area contributed by atoms with Gasteiger partial charge in [-0.3, -0.25) is 9.97 Å². The van der Waals surface area contributed by atoms with Crippen LogP contribution in [0, 0.1) is 6.92 Å². The minimum atomic E-state index is 1.03. The molecule has 0 saturated carbocycles. The third-order valence-electron chi connectivity index (χ3n) is 3.28. The summed E-state index contributed by atoms with van der Waals surface area (Å²) in [5, 5.41) is 1.19. The molecule has 88 valence electrons. The van der Waals surface area contributed by atoms with Crippen molar-refractivity contribution < 1.29 is 4.57 Å². The van der Waals surface area contributed by atoms with Gasteiger partial charge in [0.15, 0.2) is 6.20 Å². The van der Waals surface area contributed by atoms with E-state index in [1.165, 1.54) is 16.5 Å². The third-order valence-corrected chi connectivity index (χ3v) is 3.28. The van der Waals surface area contributed by atoms with Crippen molar-refractivity contribution in [1.29, 1.82) is 0 Å². The zero-order valence-corrected chi connectivity index (χ0v) is 10.5.